The van der Waals surface area contributed by atoms with Gasteiger partial charge in [-0.3, -0.25) is 0 Å². The molecule has 0 aliphatic heterocycles. The molecule has 6 aromatic carbocycles. The van der Waals surface area contributed by atoms with Crippen LogP contribution in [0.2, 0.25) is 0 Å². The number of benzene rings is 6. The Balaban J connectivity index is 1.20. The molecule has 0 unspecified atom stereocenters. The molecule has 0 saturated heterocycles. The summed E-state index contributed by atoms with van der Waals surface area (Å²) in [6.07, 6.45) is 9.13. The van der Waals surface area contributed by atoms with Crippen LogP contribution in [-0.2, 0) is 25.7 Å². The zero-order chi connectivity index (χ0) is 37.9. The zero-order valence-electron chi connectivity index (χ0n) is 33.0. The number of rotatable bonds is 12. The lowest BCUT2D eigenvalue weighted by atomic mass is 9.96. The maximum absolute atomic E-state index is 2.46. The molecule has 2 heterocycles. The highest BCUT2D eigenvalue weighted by molar-refractivity contribution is 7.20. The van der Waals surface area contributed by atoms with Crippen molar-refractivity contribution >= 4 is 33.4 Å². The predicted molar refractivity (Wildman–Crippen MR) is 246 cm³/mol. The van der Waals surface area contributed by atoms with Gasteiger partial charge in [-0.05, 0) is 103 Å². The van der Waals surface area contributed by atoms with Crippen LogP contribution in [0.3, 0.4) is 0 Å². The topological polar surface area (TPSA) is 0 Å². The lowest BCUT2D eigenvalue weighted by Crippen LogP contribution is -1.85. The summed E-state index contributed by atoms with van der Waals surface area (Å²) in [6.45, 7) is 9.06. The third kappa shape index (κ3) is 5.67. The Morgan fingerprint density at radius 1 is 0.286 bits per heavy atom. The van der Waals surface area contributed by atoms with E-state index in [9.17, 15) is 0 Å². The molecule has 276 valence electrons. The van der Waals surface area contributed by atoms with Gasteiger partial charge in [0, 0.05) is 41.8 Å². The Labute approximate surface area is 340 Å². The Hall–Kier alpha value is -5.02. The Morgan fingerprint density at radius 3 is 0.696 bits per heavy atom. The van der Waals surface area contributed by atoms with Crippen molar-refractivity contribution in [3.05, 3.63) is 144 Å². The summed E-state index contributed by atoms with van der Waals surface area (Å²) < 4.78 is 0. The molecular formula is C54H48S2. The number of hydrogen-bond acceptors (Lipinski definition) is 2. The predicted octanol–water partition coefficient (Wildman–Crippen LogP) is 16.7. The van der Waals surface area contributed by atoms with Crippen LogP contribution in [0.5, 0.6) is 0 Å². The van der Waals surface area contributed by atoms with Crippen molar-refractivity contribution in [1.82, 2.24) is 0 Å². The van der Waals surface area contributed by atoms with Gasteiger partial charge in [0.15, 0.2) is 0 Å². The van der Waals surface area contributed by atoms with Gasteiger partial charge in [-0.1, -0.05) is 175 Å². The third-order valence-electron chi connectivity index (χ3n) is 12.1. The molecular weight excluding hydrogens is 713 g/mol. The Kier molecular flexibility index (Phi) is 9.16. The zero-order valence-corrected chi connectivity index (χ0v) is 34.7. The van der Waals surface area contributed by atoms with E-state index < -0.39 is 0 Å². The fourth-order valence-electron chi connectivity index (χ4n) is 9.48. The van der Waals surface area contributed by atoms with Crippen LogP contribution in [0.15, 0.2) is 121 Å². The quantitative estimate of drug-likeness (QED) is 0.116. The van der Waals surface area contributed by atoms with Gasteiger partial charge in [-0.2, -0.15) is 0 Å². The maximum atomic E-state index is 2.46. The van der Waals surface area contributed by atoms with E-state index in [2.05, 4.69) is 149 Å². The van der Waals surface area contributed by atoms with E-state index in [4.69, 9.17) is 0 Å². The average Bonchev–Trinajstić information content (AvgIpc) is 3.98. The van der Waals surface area contributed by atoms with Crippen molar-refractivity contribution in [3.8, 4) is 86.3 Å². The molecule has 0 radical (unpaired) electrons. The highest BCUT2D eigenvalue weighted by atomic mass is 32.1. The SMILES string of the molecule is CCCc1ccc(-c2sc(-c3ccc(CCC)cc3)c3c2-c2ccc4c5c(ccc-3c25)-c2c(-c3ccc(CCC)cc3)sc(-c3ccc(CCC)cc3)c2-4)cc1. The number of thiophene rings is 2. The maximum Gasteiger partial charge on any atom is 0.0434 e. The van der Waals surface area contributed by atoms with E-state index in [1.807, 2.05) is 22.7 Å². The molecule has 2 aliphatic rings. The van der Waals surface area contributed by atoms with Crippen LogP contribution < -0.4 is 0 Å². The van der Waals surface area contributed by atoms with Crippen molar-refractivity contribution in [1.29, 1.82) is 0 Å². The third-order valence-corrected chi connectivity index (χ3v) is 14.6. The highest BCUT2D eigenvalue weighted by Crippen LogP contribution is 2.65. The minimum absolute atomic E-state index is 1.12. The summed E-state index contributed by atoms with van der Waals surface area (Å²) in [7, 11) is 0. The number of fused-ring (bicyclic) bond motifs is 6. The smallest absolute Gasteiger partial charge is 0.0434 e. The monoisotopic (exact) mass is 760 g/mol. The molecule has 2 heteroatoms. The van der Waals surface area contributed by atoms with Crippen molar-refractivity contribution in [2.24, 2.45) is 0 Å². The molecule has 0 fully saturated rings. The molecule has 0 atom stereocenters. The molecule has 56 heavy (non-hydrogen) atoms. The average molecular weight is 761 g/mol. The fraction of sp³-hybridized carbons (Fsp3) is 0.222. The first-order chi connectivity index (χ1) is 27.6. The molecule has 0 N–H and O–H groups in total. The van der Waals surface area contributed by atoms with E-state index >= 15 is 0 Å². The van der Waals surface area contributed by atoms with Crippen LogP contribution >= 0.6 is 22.7 Å². The van der Waals surface area contributed by atoms with Crippen LogP contribution in [0.1, 0.15) is 75.6 Å². The summed E-state index contributed by atoms with van der Waals surface area (Å²) in [5.41, 5.74) is 22.2. The Morgan fingerprint density at radius 2 is 0.500 bits per heavy atom. The molecule has 2 aliphatic carbocycles. The molecule has 0 amide bonds. The van der Waals surface area contributed by atoms with E-state index in [0.29, 0.717) is 0 Å². The molecule has 2 aromatic heterocycles. The molecule has 10 rings (SSSR count). The summed E-state index contributed by atoms with van der Waals surface area (Å²) in [5.74, 6) is 0. The van der Waals surface area contributed by atoms with Gasteiger partial charge >= 0.3 is 0 Å². The van der Waals surface area contributed by atoms with Crippen molar-refractivity contribution in [2.45, 2.75) is 79.1 Å². The Bertz CT molecular complexity index is 2360. The van der Waals surface area contributed by atoms with E-state index in [0.717, 1.165) is 51.4 Å². The van der Waals surface area contributed by atoms with Gasteiger partial charge in [0.25, 0.3) is 0 Å². The lowest BCUT2D eigenvalue weighted by Gasteiger charge is -2.11. The van der Waals surface area contributed by atoms with Gasteiger partial charge in [-0.15, -0.1) is 22.7 Å². The van der Waals surface area contributed by atoms with Crippen LogP contribution in [-0.4, -0.2) is 0 Å². The highest BCUT2D eigenvalue weighted by Gasteiger charge is 2.37. The molecule has 0 spiro atoms. The number of aryl methyl sites for hydroxylation is 4. The van der Waals surface area contributed by atoms with Crippen LogP contribution in [0.4, 0.5) is 0 Å². The van der Waals surface area contributed by atoms with Gasteiger partial charge in [-0.25, -0.2) is 0 Å². The van der Waals surface area contributed by atoms with Gasteiger partial charge in [0.05, 0.1) is 0 Å². The van der Waals surface area contributed by atoms with E-state index in [1.54, 1.807) is 0 Å². The minimum Gasteiger partial charge on any atom is -0.134 e. The van der Waals surface area contributed by atoms with Crippen LogP contribution in [0, 0.1) is 0 Å². The summed E-state index contributed by atoms with van der Waals surface area (Å²) >= 11 is 3.95. The second-order valence-corrected chi connectivity index (χ2v) is 17.9. The van der Waals surface area contributed by atoms with Gasteiger partial charge < -0.3 is 0 Å². The normalized spacial score (nSPS) is 12.1. The summed E-state index contributed by atoms with van der Waals surface area (Å²) in [6, 6.07) is 47.6. The first kappa shape index (κ1) is 35.4. The van der Waals surface area contributed by atoms with Gasteiger partial charge in [0.2, 0.25) is 0 Å². The van der Waals surface area contributed by atoms with Gasteiger partial charge in [0.1, 0.15) is 0 Å². The van der Waals surface area contributed by atoms with Crippen LogP contribution in [0.25, 0.3) is 97.0 Å². The van der Waals surface area contributed by atoms with Crippen molar-refractivity contribution in [3.63, 3.8) is 0 Å². The standard InChI is InChI=1S/C54H48S2/c1-5-9-33-13-21-37(22-14-33)51-47-41-29-30-43-46-44(32-31-42(45(41)46)48(47)52(55-51)38-23-15-34(10-6-2)16-24-38)50-49(43)53(39-25-17-35(11-7-3)18-26-39)56-54(50)40-27-19-36(12-8-4)20-28-40/h13-32H,5-12H2,1-4H3. The molecule has 8 aromatic rings. The second kappa shape index (κ2) is 14.5. The second-order valence-electron chi connectivity index (χ2n) is 15.9. The van der Waals surface area contributed by atoms with E-state index in [1.165, 1.54) is 119 Å². The van der Waals surface area contributed by atoms with Crippen molar-refractivity contribution < 1.29 is 0 Å². The fourth-order valence-corrected chi connectivity index (χ4v) is 12.2. The first-order valence-electron chi connectivity index (χ1n) is 20.9. The summed E-state index contributed by atoms with van der Waals surface area (Å²) in [4.78, 5) is 5.54. The van der Waals surface area contributed by atoms with E-state index in [-0.39, 0.29) is 0 Å². The largest absolute Gasteiger partial charge is 0.134 e. The minimum atomic E-state index is 1.12. The molecule has 0 saturated carbocycles. The molecule has 0 nitrogen and oxygen atoms in total. The van der Waals surface area contributed by atoms with Crippen molar-refractivity contribution in [2.75, 3.05) is 0 Å². The summed E-state index contributed by atoms with van der Waals surface area (Å²) in [5, 5.41) is 2.86. The first-order valence-corrected chi connectivity index (χ1v) is 22.5. The lowest BCUT2D eigenvalue weighted by molar-refractivity contribution is 0.922. The molecule has 0 bridgehead atoms. The number of hydrogen-bond donors (Lipinski definition) is 0.